The Labute approximate surface area is 186 Å². The minimum Gasteiger partial charge on any atom is -0.378 e. The number of nitrogens with one attached hydrogen (secondary N) is 1. The van der Waals surface area contributed by atoms with E-state index in [0.717, 1.165) is 63.6 Å². The molecule has 6 nitrogen and oxygen atoms in total. The molecule has 1 aromatic carbocycles. The molecule has 2 aliphatic rings. The maximum absolute atomic E-state index is 12.7. The van der Waals surface area contributed by atoms with Crippen molar-refractivity contribution in [2.24, 2.45) is 5.92 Å². The molecule has 2 aliphatic heterocycles. The molecule has 31 heavy (non-hydrogen) atoms. The Morgan fingerprint density at radius 2 is 1.81 bits per heavy atom. The van der Waals surface area contributed by atoms with Crippen molar-refractivity contribution in [3.8, 4) is 0 Å². The van der Waals surface area contributed by atoms with Crippen LogP contribution in [-0.4, -0.2) is 50.3 Å². The predicted molar refractivity (Wildman–Crippen MR) is 126 cm³/mol. The number of thiophene rings is 1. The fourth-order valence-corrected chi connectivity index (χ4v) is 5.24. The van der Waals surface area contributed by atoms with Gasteiger partial charge in [-0.05, 0) is 48.1 Å². The number of hydrogen-bond acceptors (Lipinski definition) is 6. The lowest BCUT2D eigenvalue weighted by Crippen LogP contribution is -2.40. The Morgan fingerprint density at radius 1 is 1.03 bits per heavy atom. The summed E-state index contributed by atoms with van der Waals surface area (Å²) in [6, 6.07) is 12.7. The third-order valence-corrected chi connectivity index (χ3v) is 7.19. The van der Waals surface area contributed by atoms with E-state index in [9.17, 15) is 4.79 Å². The zero-order chi connectivity index (χ0) is 21.0. The standard InChI is InChI=1S/C24H28N4O2S/c29-24(26-17-18-1-3-20(4-2-18)27-12-14-30-15-13-27)19-6-10-28(11-7-19)23-21-8-16-31-22(21)5-9-25-23/h1-5,8-9,16,19H,6-7,10-15,17H2,(H,26,29). The monoisotopic (exact) mass is 436 g/mol. The van der Waals surface area contributed by atoms with Gasteiger partial charge in [0.15, 0.2) is 0 Å². The first-order valence-corrected chi connectivity index (χ1v) is 11.9. The first-order chi connectivity index (χ1) is 15.3. The van der Waals surface area contributed by atoms with Crippen LogP contribution in [0.4, 0.5) is 11.5 Å². The van der Waals surface area contributed by atoms with Gasteiger partial charge in [-0.2, -0.15) is 0 Å². The van der Waals surface area contributed by atoms with Gasteiger partial charge in [0.05, 0.1) is 13.2 Å². The fourth-order valence-electron chi connectivity index (χ4n) is 4.47. The van der Waals surface area contributed by atoms with Gasteiger partial charge in [0, 0.05) is 60.6 Å². The van der Waals surface area contributed by atoms with Crippen LogP contribution in [-0.2, 0) is 16.1 Å². The lowest BCUT2D eigenvalue weighted by Gasteiger charge is -2.32. The van der Waals surface area contributed by atoms with E-state index in [-0.39, 0.29) is 11.8 Å². The van der Waals surface area contributed by atoms with Crippen molar-refractivity contribution in [2.75, 3.05) is 49.2 Å². The average molecular weight is 437 g/mol. The molecule has 2 fully saturated rings. The molecule has 5 rings (SSSR count). The molecule has 3 aromatic rings. The lowest BCUT2D eigenvalue weighted by molar-refractivity contribution is -0.125. The molecule has 4 heterocycles. The number of carbonyl (C=O) groups is 1. The van der Waals surface area contributed by atoms with Crippen LogP contribution >= 0.6 is 11.3 Å². The lowest BCUT2D eigenvalue weighted by atomic mass is 9.95. The number of carbonyl (C=O) groups excluding carboxylic acids is 1. The first-order valence-electron chi connectivity index (χ1n) is 11.0. The Kier molecular flexibility index (Phi) is 6.04. The topological polar surface area (TPSA) is 57.7 Å². The average Bonchev–Trinajstić information content (AvgIpc) is 3.33. The predicted octanol–water partition coefficient (Wildman–Crippen LogP) is 3.67. The van der Waals surface area contributed by atoms with Gasteiger partial charge in [-0.3, -0.25) is 4.79 Å². The molecule has 0 saturated carbocycles. The van der Waals surface area contributed by atoms with Crippen LogP contribution < -0.4 is 15.1 Å². The minimum absolute atomic E-state index is 0.0746. The molecule has 0 aliphatic carbocycles. The van der Waals surface area contributed by atoms with Gasteiger partial charge in [0.25, 0.3) is 0 Å². The van der Waals surface area contributed by atoms with Crippen molar-refractivity contribution in [2.45, 2.75) is 19.4 Å². The zero-order valence-corrected chi connectivity index (χ0v) is 18.4. The summed E-state index contributed by atoms with van der Waals surface area (Å²) in [5.41, 5.74) is 2.36. The number of ether oxygens (including phenoxy) is 1. The zero-order valence-electron chi connectivity index (χ0n) is 17.6. The number of benzene rings is 1. The van der Waals surface area contributed by atoms with Crippen LogP contribution in [0.15, 0.2) is 48.0 Å². The maximum atomic E-state index is 12.7. The van der Waals surface area contributed by atoms with Crippen LogP contribution in [0.5, 0.6) is 0 Å². The van der Waals surface area contributed by atoms with Crippen LogP contribution in [0, 0.1) is 5.92 Å². The van der Waals surface area contributed by atoms with Crippen molar-refractivity contribution in [1.82, 2.24) is 10.3 Å². The number of aromatic nitrogens is 1. The SMILES string of the molecule is O=C(NCc1ccc(N2CCOCC2)cc1)C1CCN(c2nccc3sccc23)CC1. The number of rotatable bonds is 5. The van der Waals surface area contributed by atoms with E-state index in [2.05, 4.69) is 61.9 Å². The number of piperidine rings is 1. The summed E-state index contributed by atoms with van der Waals surface area (Å²) < 4.78 is 6.69. The molecular weight excluding hydrogens is 408 g/mol. The summed E-state index contributed by atoms with van der Waals surface area (Å²) in [5, 5.41) is 6.48. The summed E-state index contributed by atoms with van der Waals surface area (Å²) in [4.78, 5) is 22.0. The molecule has 0 bridgehead atoms. The third kappa shape index (κ3) is 4.52. The maximum Gasteiger partial charge on any atom is 0.223 e. The number of hydrogen-bond donors (Lipinski definition) is 1. The number of fused-ring (bicyclic) bond motifs is 1. The molecule has 0 unspecified atom stereocenters. The van der Waals surface area contributed by atoms with E-state index in [1.54, 1.807) is 11.3 Å². The van der Waals surface area contributed by atoms with Crippen molar-refractivity contribution in [1.29, 1.82) is 0 Å². The highest BCUT2D eigenvalue weighted by atomic mass is 32.1. The van der Waals surface area contributed by atoms with Gasteiger partial charge < -0.3 is 19.9 Å². The highest BCUT2D eigenvalue weighted by Crippen LogP contribution is 2.31. The smallest absolute Gasteiger partial charge is 0.223 e. The number of amides is 1. The number of pyridine rings is 1. The summed E-state index contributed by atoms with van der Waals surface area (Å²) in [7, 11) is 0. The Hall–Kier alpha value is -2.64. The second-order valence-electron chi connectivity index (χ2n) is 8.21. The summed E-state index contributed by atoms with van der Waals surface area (Å²) in [5.74, 6) is 1.29. The molecule has 1 N–H and O–H groups in total. The van der Waals surface area contributed by atoms with Gasteiger partial charge in [0.2, 0.25) is 5.91 Å². The van der Waals surface area contributed by atoms with Crippen molar-refractivity contribution < 1.29 is 9.53 Å². The van der Waals surface area contributed by atoms with Crippen LogP contribution in [0.3, 0.4) is 0 Å². The first kappa shape index (κ1) is 20.3. The number of nitrogens with zero attached hydrogens (tertiary/aromatic N) is 3. The molecule has 162 valence electrons. The van der Waals surface area contributed by atoms with Crippen molar-refractivity contribution in [3.63, 3.8) is 0 Å². The van der Waals surface area contributed by atoms with Gasteiger partial charge >= 0.3 is 0 Å². The van der Waals surface area contributed by atoms with Crippen LogP contribution in [0.1, 0.15) is 18.4 Å². The van der Waals surface area contributed by atoms with E-state index in [1.165, 1.54) is 15.8 Å². The van der Waals surface area contributed by atoms with E-state index in [4.69, 9.17) is 4.74 Å². The highest BCUT2D eigenvalue weighted by molar-refractivity contribution is 7.17. The van der Waals surface area contributed by atoms with E-state index in [1.807, 2.05) is 6.20 Å². The molecule has 7 heteroatoms. The second-order valence-corrected chi connectivity index (χ2v) is 9.16. The minimum atomic E-state index is 0.0746. The van der Waals surface area contributed by atoms with Crippen molar-refractivity contribution in [3.05, 3.63) is 53.5 Å². The highest BCUT2D eigenvalue weighted by Gasteiger charge is 2.26. The Balaban J connectivity index is 1.12. The largest absolute Gasteiger partial charge is 0.378 e. The molecule has 0 atom stereocenters. The molecular formula is C24H28N4O2S. The van der Waals surface area contributed by atoms with E-state index >= 15 is 0 Å². The summed E-state index contributed by atoms with van der Waals surface area (Å²) >= 11 is 1.75. The van der Waals surface area contributed by atoms with Crippen LogP contribution in [0.25, 0.3) is 10.1 Å². The molecule has 2 saturated heterocycles. The summed E-state index contributed by atoms with van der Waals surface area (Å²) in [6.07, 6.45) is 3.62. The number of morpholine rings is 1. The van der Waals surface area contributed by atoms with Crippen molar-refractivity contribution >= 4 is 38.8 Å². The quantitative estimate of drug-likeness (QED) is 0.661. The third-order valence-electron chi connectivity index (χ3n) is 6.30. The molecule has 2 aromatic heterocycles. The van der Waals surface area contributed by atoms with Gasteiger partial charge in [-0.25, -0.2) is 4.98 Å². The molecule has 1 amide bonds. The molecule has 0 spiro atoms. The van der Waals surface area contributed by atoms with Gasteiger partial charge in [-0.15, -0.1) is 11.3 Å². The van der Waals surface area contributed by atoms with E-state index < -0.39 is 0 Å². The van der Waals surface area contributed by atoms with Crippen LogP contribution in [0.2, 0.25) is 0 Å². The number of anilines is 2. The van der Waals surface area contributed by atoms with Gasteiger partial charge in [0.1, 0.15) is 5.82 Å². The van der Waals surface area contributed by atoms with Gasteiger partial charge in [-0.1, -0.05) is 12.1 Å². The second kappa shape index (κ2) is 9.24. The van der Waals surface area contributed by atoms with E-state index in [0.29, 0.717) is 6.54 Å². The molecule has 0 radical (unpaired) electrons. The normalized spacial score (nSPS) is 17.8. The Bertz CT molecular complexity index is 1020. The summed E-state index contributed by atoms with van der Waals surface area (Å²) in [6.45, 7) is 5.77. The Morgan fingerprint density at radius 3 is 2.58 bits per heavy atom. The fraction of sp³-hybridized carbons (Fsp3) is 0.417.